The van der Waals surface area contributed by atoms with Gasteiger partial charge in [-0.3, -0.25) is 4.57 Å². The largest absolute Gasteiger partial charge is 0.309 e. The molecule has 0 amide bonds. The molecule has 0 N–H and O–H groups in total. The maximum atomic E-state index is 5.04. The van der Waals surface area contributed by atoms with Crippen molar-refractivity contribution in [3.05, 3.63) is 436 Å². The Balaban J connectivity index is 0.000000105. The van der Waals surface area contributed by atoms with E-state index in [1.807, 2.05) is 114 Å². The average Bonchev–Trinajstić information content (AvgIpc) is 1.55. The zero-order chi connectivity index (χ0) is 84.7. The fraction of sp³-hybridized carbons (Fsp3) is 0.0254. The van der Waals surface area contributed by atoms with Crippen LogP contribution in [-0.4, -0.2) is 38.6 Å². The van der Waals surface area contributed by atoms with E-state index >= 15 is 0 Å². The Morgan fingerprint density at radius 1 is 0.234 bits per heavy atom. The van der Waals surface area contributed by atoms with E-state index in [4.69, 9.17) is 24.9 Å². The van der Waals surface area contributed by atoms with E-state index in [1.165, 1.54) is 177 Å². The first-order chi connectivity index (χ1) is 63.3. The Morgan fingerprint density at radius 2 is 0.602 bits per heavy atom. The third kappa shape index (κ3) is 12.1. The molecule has 0 atom stereocenters. The van der Waals surface area contributed by atoms with Crippen LogP contribution in [0.1, 0.15) is 25.0 Å². The van der Waals surface area contributed by atoms with Crippen molar-refractivity contribution >= 4 is 161 Å². The summed E-state index contributed by atoms with van der Waals surface area (Å²) in [7, 11) is 0. The highest BCUT2D eigenvalue weighted by molar-refractivity contribution is 7.27. The van der Waals surface area contributed by atoms with Gasteiger partial charge in [0.1, 0.15) is 0 Å². The number of fused-ring (bicyclic) bond motifs is 27. The van der Waals surface area contributed by atoms with Gasteiger partial charge >= 0.3 is 0 Å². The van der Waals surface area contributed by atoms with E-state index in [9.17, 15) is 0 Å². The molecule has 7 heterocycles. The van der Waals surface area contributed by atoms with Crippen molar-refractivity contribution < 1.29 is 0 Å². The average molecular weight is 1670 g/mol. The predicted octanol–water partition coefficient (Wildman–Crippen LogP) is 31.8. The standard InChI is InChI=1S/C42H30N4.C42H25NS.C34H21N3S/c1-42(2)34-19-11-9-17-31(34)32-25-26-36-37(38(32)42)33-18-10-12-20-35(33)46(36)30-23-21-29(22-24-30)41-44-39(27-13-5-3-6-14-27)43-40(45-41)28-15-7-4-8-16-28;1-2-11-31-29(9-1)30-10-3-4-12-32(30)37-25-27(19-22-33(31)37)26-17-20-28(21-18-26)43-38-15-7-5-14-36(38)41-39(43)24-23-35-34-13-6-8-16-40(34)44-42(35)41;1-3-9-22(10-4-1)24-15-17-29-27(21-24)32-30(18-16-26-25-13-7-8-14-31(25)38-33(26)32)37(29)34-35-20-19-28(36-34)23-11-5-2-6-12-23/h3-26H,1-2H3;1-25H;1-21H. The third-order valence-corrected chi connectivity index (χ3v) is 28.5. The summed E-state index contributed by atoms with van der Waals surface area (Å²) < 4.78 is 12.4. The molecule has 0 fully saturated rings. The normalized spacial score (nSPS) is 12.4. The van der Waals surface area contributed by atoms with Gasteiger partial charge < -0.3 is 9.13 Å². The number of hydrogen-bond acceptors (Lipinski definition) is 7. The SMILES string of the molecule is CC1(C)c2ccccc2-c2ccc3c(c21)c1ccccc1n3-c1ccc(-c2nc(-c3ccccc3)nc(-c3ccccc3)n2)cc1.c1ccc(-c2ccc3c(c2)c2c4sc5ccccc5c4ccc2n3-c2nccc(-c3ccccc3)n2)cc1.c1ccc2c(c1)sc1c2ccc2c1c1ccccc1n2-c1ccc(-c2ccc3c4ccccc4c4ccccc4c3c2)cc1. The number of benzene rings is 19. The lowest BCUT2D eigenvalue weighted by Crippen LogP contribution is -2.15. The van der Waals surface area contributed by atoms with Gasteiger partial charge in [-0.05, 0) is 180 Å². The van der Waals surface area contributed by atoms with Gasteiger partial charge in [-0.15, -0.1) is 22.7 Å². The summed E-state index contributed by atoms with van der Waals surface area (Å²) >= 11 is 3.77. The molecular formula is C118H76N8S2. The quantitative estimate of drug-likeness (QED) is 0.135. The van der Waals surface area contributed by atoms with E-state index in [-0.39, 0.29) is 5.41 Å². The Kier molecular flexibility index (Phi) is 17.5. The van der Waals surface area contributed by atoms with Crippen molar-refractivity contribution in [2.75, 3.05) is 0 Å². The molecule has 0 saturated heterocycles. The number of aromatic nitrogens is 8. The highest BCUT2D eigenvalue weighted by Gasteiger charge is 2.38. The molecule has 1 aliphatic carbocycles. The smallest absolute Gasteiger partial charge is 0.235 e. The van der Waals surface area contributed by atoms with E-state index in [0.717, 1.165) is 44.7 Å². The second-order valence-corrected chi connectivity index (χ2v) is 35.8. The molecule has 0 spiro atoms. The van der Waals surface area contributed by atoms with E-state index < -0.39 is 0 Å². The van der Waals surface area contributed by atoms with Gasteiger partial charge in [-0.2, -0.15) is 0 Å². The van der Waals surface area contributed by atoms with Gasteiger partial charge in [0, 0.05) is 118 Å². The molecule has 0 radical (unpaired) electrons. The molecular weight excluding hydrogens is 1590 g/mol. The summed E-state index contributed by atoms with van der Waals surface area (Å²) in [4.78, 5) is 24.5. The number of rotatable bonds is 9. The van der Waals surface area contributed by atoms with E-state index in [1.54, 1.807) is 0 Å². The van der Waals surface area contributed by atoms with Crippen LogP contribution < -0.4 is 0 Å². The molecule has 19 aromatic carbocycles. The maximum absolute atomic E-state index is 5.04. The summed E-state index contributed by atoms with van der Waals surface area (Å²) in [6.45, 7) is 4.72. The minimum Gasteiger partial charge on any atom is -0.309 e. The van der Waals surface area contributed by atoms with Gasteiger partial charge in [0.05, 0.1) is 38.8 Å². The first kappa shape index (κ1) is 74.5. The molecule has 0 unspecified atom stereocenters. The second kappa shape index (κ2) is 30.1. The van der Waals surface area contributed by atoms with Crippen LogP contribution in [0.2, 0.25) is 0 Å². The van der Waals surface area contributed by atoms with Crippen LogP contribution in [-0.2, 0) is 5.41 Å². The molecule has 7 aromatic heterocycles. The summed E-state index contributed by atoms with van der Waals surface area (Å²) in [6, 6.07) is 150. The van der Waals surface area contributed by atoms with Crippen LogP contribution >= 0.6 is 22.7 Å². The van der Waals surface area contributed by atoms with Crippen molar-refractivity contribution in [3.8, 4) is 96.1 Å². The van der Waals surface area contributed by atoms with Crippen molar-refractivity contribution in [2.45, 2.75) is 19.3 Å². The Bertz CT molecular complexity index is 8860. The summed E-state index contributed by atoms with van der Waals surface area (Å²) in [5.41, 5.74) is 24.5. The minimum atomic E-state index is -0.101. The minimum absolute atomic E-state index is 0.101. The topological polar surface area (TPSA) is 79.2 Å². The van der Waals surface area contributed by atoms with Gasteiger partial charge in [-0.25, -0.2) is 24.9 Å². The molecule has 10 heteroatoms. The fourth-order valence-corrected chi connectivity index (χ4v) is 22.8. The number of thiophene rings is 2. The number of nitrogens with zero attached hydrogens (tertiary/aromatic N) is 8. The van der Waals surface area contributed by atoms with Crippen LogP contribution in [0, 0.1) is 0 Å². The van der Waals surface area contributed by atoms with Crippen LogP contribution in [0.4, 0.5) is 0 Å². The molecule has 0 bridgehead atoms. The Morgan fingerprint density at radius 3 is 1.16 bits per heavy atom. The first-order valence-electron chi connectivity index (χ1n) is 43.5. The molecule has 8 nitrogen and oxygen atoms in total. The maximum Gasteiger partial charge on any atom is 0.235 e. The van der Waals surface area contributed by atoms with Gasteiger partial charge in [0.2, 0.25) is 5.95 Å². The second-order valence-electron chi connectivity index (χ2n) is 33.7. The van der Waals surface area contributed by atoms with Crippen molar-refractivity contribution in [2.24, 2.45) is 0 Å². The van der Waals surface area contributed by atoms with Crippen LogP contribution in [0.5, 0.6) is 0 Å². The number of hydrogen-bond donors (Lipinski definition) is 0. The first-order valence-corrected chi connectivity index (χ1v) is 45.1. The molecule has 128 heavy (non-hydrogen) atoms. The highest BCUT2D eigenvalue weighted by Crippen LogP contribution is 2.54. The van der Waals surface area contributed by atoms with Crippen molar-refractivity contribution in [1.82, 2.24) is 38.6 Å². The van der Waals surface area contributed by atoms with E-state index in [0.29, 0.717) is 23.4 Å². The van der Waals surface area contributed by atoms with Gasteiger partial charge in [0.15, 0.2) is 17.5 Å². The lowest BCUT2D eigenvalue weighted by molar-refractivity contribution is 0.666. The molecule has 27 rings (SSSR count). The van der Waals surface area contributed by atoms with Crippen LogP contribution in [0.3, 0.4) is 0 Å². The predicted molar refractivity (Wildman–Crippen MR) is 540 cm³/mol. The Labute approximate surface area is 745 Å². The van der Waals surface area contributed by atoms with Gasteiger partial charge in [0.25, 0.3) is 0 Å². The zero-order valence-corrected chi connectivity index (χ0v) is 71.4. The molecule has 0 saturated carbocycles. The Hall–Kier alpha value is -16.1. The zero-order valence-electron chi connectivity index (χ0n) is 69.8. The van der Waals surface area contributed by atoms with E-state index in [2.05, 4.69) is 361 Å². The monoisotopic (exact) mass is 1670 g/mol. The molecule has 0 aliphatic heterocycles. The summed E-state index contributed by atoms with van der Waals surface area (Å²) in [6.07, 6.45) is 1.86. The number of para-hydroxylation sites is 2. The molecule has 600 valence electrons. The van der Waals surface area contributed by atoms with Crippen LogP contribution in [0.25, 0.3) is 234 Å². The molecule has 1 aliphatic rings. The lowest BCUT2D eigenvalue weighted by Gasteiger charge is -2.22. The van der Waals surface area contributed by atoms with Crippen LogP contribution in [0.15, 0.2) is 425 Å². The summed E-state index contributed by atoms with van der Waals surface area (Å²) in [5.74, 6) is 2.65. The third-order valence-electron chi connectivity index (χ3n) is 26.1. The fourth-order valence-electron chi connectivity index (χ4n) is 20.2. The molecule has 26 aromatic rings. The lowest BCUT2D eigenvalue weighted by atomic mass is 9.80. The highest BCUT2D eigenvalue weighted by atomic mass is 32.1. The van der Waals surface area contributed by atoms with Gasteiger partial charge in [-0.1, -0.05) is 329 Å². The van der Waals surface area contributed by atoms with Crippen molar-refractivity contribution in [1.29, 1.82) is 0 Å². The summed E-state index contributed by atoms with van der Waals surface area (Å²) in [5, 5.41) is 20.8. The van der Waals surface area contributed by atoms with Crippen molar-refractivity contribution in [3.63, 3.8) is 0 Å².